The molecule has 0 saturated carbocycles. The average Bonchev–Trinajstić information content (AvgIpc) is 3.49. The maximum absolute atomic E-state index is 13.5. The van der Waals surface area contributed by atoms with Crippen molar-refractivity contribution in [3.05, 3.63) is 88.1 Å². The van der Waals surface area contributed by atoms with Crippen LogP contribution in [0.5, 0.6) is 5.75 Å². The fraction of sp³-hybridized carbons (Fsp3) is 0.323. The van der Waals surface area contributed by atoms with E-state index < -0.39 is 0 Å². The molecule has 4 aromatic rings. The van der Waals surface area contributed by atoms with E-state index in [9.17, 15) is 4.79 Å². The number of ether oxygens (including phenoxy) is 1. The first-order chi connectivity index (χ1) is 18.2. The average molecular weight is 514 g/mol. The summed E-state index contributed by atoms with van der Waals surface area (Å²) >= 11 is 0. The molecule has 0 radical (unpaired) electrons. The number of aromatic amines is 1. The molecule has 3 aromatic heterocycles. The number of fused-ring (bicyclic) bond motifs is 1. The lowest BCUT2D eigenvalue weighted by Gasteiger charge is -2.12. The number of nitrogens with one attached hydrogen (secondary N) is 1. The van der Waals surface area contributed by atoms with Gasteiger partial charge in [-0.25, -0.2) is 9.50 Å². The minimum absolute atomic E-state index is 0.255. The zero-order valence-corrected chi connectivity index (χ0v) is 23.8. The molecule has 1 N–H and O–H groups in total. The first-order valence-electron chi connectivity index (χ1n) is 13.1. The Morgan fingerprint density at radius 1 is 1.18 bits per heavy atom. The standard InChI is InChI=1S/C29H33N5O2.C2H6/c1-8-10-18(2)15-19(3)16-20(4)25-23(22-11-9-12-24(36-7)21(22)5)17-34-26(25)29(35)31-27(32-34)28-30-13-14-33(28)6;1-2/h9,11-17H,4,8,10H2,1-3,5-7H3,(H,31,32,35);1-2H3/b18-15-,19-16-;. The van der Waals surface area contributed by atoms with Crippen LogP contribution in [0.4, 0.5) is 0 Å². The van der Waals surface area contributed by atoms with Crippen LogP contribution in [0.1, 0.15) is 58.6 Å². The summed E-state index contributed by atoms with van der Waals surface area (Å²) in [5, 5.41) is 4.73. The monoisotopic (exact) mass is 513 g/mol. The SMILES string of the molecule is C=C(/C=C(C)\C=C(\C)CCC)c1c(-c2cccc(OC)c2C)cn2nc(-c3nccn3C)[nH]c(=O)c12.CC. The first-order valence-corrected chi connectivity index (χ1v) is 13.1. The van der Waals surface area contributed by atoms with Crippen LogP contribution in [0.25, 0.3) is 33.9 Å². The van der Waals surface area contributed by atoms with E-state index in [-0.39, 0.29) is 5.56 Å². The highest BCUT2D eigenvalue weighted by Crippen LogP contribution is 2.37. The van der Waals surface area contributed by atoms with Crippen LogP contribution in [0.15, 0.2) is 71.5 Å². The van der Waals surface area contributed by atoms with E-state index in [1.54, 1.807) is 17.8 Å². The van der Waals surface area contributed by atoms with E-state index in [4.69, 9.17) is 9.84 Å². The van der Waals surface area contributed by atoms with Crippen molar-refractivity contribution >= 4 is 11.1 Å². The Hall–Kier alpha value is -4.13. The fourth-order valence-electron chi connectivity index (χ4n) is 4.68. The van der Waals surface area contributed by atoms with E-state index >= 15 is 0 Å². The van der Waals surface area contributed by atoms with Crippen LogP contribution in [-0.4, -0.2) is 31.3 Å². The smallest absolute Gasteiger partial charge is 0.276 e. The summed E-state index contributed by atoms with van der Waals surface area (Å²) in [6, 6.07) is 5.91. The third-order valence-electron chi connectivity index (χ3n) is 6.31. The summed E-state index contributed by atoms with van der Waals surface area (Å²) in [5.41, 5.74) is 6.85. The maximum atomic E-state index is 13.5. The summed E-state index contributed by atoms with van der Waals surface area (Å²) in [7, 11) is 3.52. The van der Waals surface area contributed by atoms with Gasteiger partial charge in [-0.2, -0.15) is 0 Å². The number of hydrogen-bond donors (Lipinski definition) is 1. The Morgan fingerprint density at radius 3 is 2.55 bits per heavy atom. The molecule has 0 aliphatic heterocycles. The molecule has 0 unspecified atom stereocenters. The van der Waals surface area contributed by atoms with E-state index in [2.05, 4.69) is 43.4 Å². The molecule has 0 aliphatic carbocycles. The van der Waals surface area contributed by atoms with Gasteiger partial charge in [0.2, 0.25) is 0 Å². The summed E-state index contributed by atoms with van der Waals surface area (Å²) in [4.78, 5) is 20.7. The topological polar surface area (TPSA) is 77.2 Å². The highest BCUT2D eigenvalue weighted by Gasteiger charge is 2.21. The molecule has 3 heterocycles. The molecule has 0 aliphatic rings. The van der Waals surface area contributed by atoms with Gasteiger partial charge < -0.3 is 14.3 Å². The van der Waals surface area contributed by atoms with Gasteiger partial charge in [-0.1, -0.05) is 69.2 Å². The molecule has 0 spiro atoms. The highest BCUT2D eigenvalue weighted by atomic mass is 16.5. The van der Waals surface area contributed by atoms with Crippen LogP contribution in [0.3, 0.4) is 0 Å². The lowest BCUT2D eigenvalue weighted by atomic mass is 9.94. The molecule has 0 fully saturated rings. The van der Waals surface area contributed by atoms with E-state index in [1.165, 1.54) is 5.57 Å². The second kappa shape index (κ2) is 12.4. The highest BCUT2D eigenvalue weighted by molar-refractivity contribution is 5.94. The number of methoxy groups -OCH3 is 1. The molecule has 200 valence electrons. The third-order valence-corrected chi connectivity index (χ3v) is 6.31. The van der Waals surface area contributed by atoms with Crippen LogP contribution in [0.2, 0.25) is 0 Å². The molecule has 7 nitrogen and oxygen atoms in total. The van der Waals surface area contributed by atoms with Crippen LogP contribution in [0, 0.1) is 6.92 Å². The predicted octanol–water partition coefficient (Wildman–Crippen LogP) is 7.14. The van der Waals surface area contributed by atoms with Crippen molar-refractivity contribution in [3.63, 3.8) is 0 Å². The summed E-state index contributed by atoms with van der Waals surface area (Å²) in [6.07, 6.45) is 11.7. The van der Waals surface area contributed by atoms with Crippen molar-refractivity contribution in [3.8, 4) is 28.5 Å². The third kappa shape index (κ3) is 5.72. The van der Waals surface area contributed by atoms with Crippen LogP contribution in [-0.2, 0) is 7.05 Å². The van der Waals surface area contributed by atoms with Crippen molar-refractivity contribution in [2.45, 2.75) is 54.4 Å². The van der Waals surface area contributed by atoms with Crippen molar-refractivity contribution in [1.82, 2.24) is 24.1 Å². The molecule has 7 heteroatoms. The van der Waals surface area contributed by atoms with Crippen LogP contribution < -0.4 is 10.3 Å². The van der Waals surface area contributed by atoms with Gasteiger partial charge in [0.1, 0.15) is 11.3 Å². The molecule has 38 heavy (non-hydrogen) atoms. The largest absolute Gasteiger partial charge is 0.496 e. The molecule has 0 saturated heterocycles. The molecule has 0 bridgehead atoms. The van der Waals surface area contributed by atoms with Gasteiger partial charge in [0, 0.05) is 36.8 Å². The number of H-pyrrole nitrogens is 1. The second-order valence-electron chi connectivity index (χ2n) is 9.16. The molecular formula is C31H39N5O2. The Morgan fingerprint density at radius 2 is 1.92 bits per heavy atom. The zero-order valence-electron chi connectivity index (χ0n) is 23.8. The molecular weight excluding hydrogens is 474 g/mol. The molecule has 0 amide bonds. The van der Waals surface area contributed by atoms with E-state index in [1.807, 2.05) is 69.1 Å². The van der Waals surface area contributed by atoms with Gasteiger partial charge >= 0.3 is 0 Å². The van der Waals surface area contributed by atoms with Crippen molar-refractivity contribution in [2.24, 2.45) is 7.05 Å². The maximum Gasteiger partial charge on any atom is 0.276 e. The van der Waals surface area contributed by atoms with E-state index in [0.717, 1.165) is 52.0 Å². The zero-order chi connectivity index (χ0) is 28.0. The van der Waals surface area contributed by atoms with Gasteiger partial charge in [0.25, 0.3) is 5.56 Å². The number of hydrogen-bond acceptors (Lipinski definition) is 4. The fourth-order valence-corrected chi connectivity index (χ4v) is 4.68. The summed E-state index contributed by atoms with van der Waals surface area (Å²) in [6.45, 7) is 16.8. The summed E-state index contributed by atoms with van der Waals surface area (Å²) < 4.78 is 9.03. The lowest BCUT2D eigenvalue weighted by molar-refractivity contribution is 0.412. The lowest BCUT2D eigenvalue weighted by Crippen LogP contribution is -2.15. The second-order valence-corrected chi connectivity index (χ2v) is 9.16. The van der Waals surface area contributed by atoms with Crippen LogP contribution >= 0.6 is 0 Å². The Labute approximate surface area is 225 Å². The Balaban J connectivity index is 0.00000195. The van der Waals surface area contributed by atoms with E-state index in [0.29, 0.717) is 17.2 Å². The number of imidazole rings is 1. The number of allylic oxidation sites excluding steroid dienone is 5. The quantitative estimate of drug-likeness (QED) is 0.254. The van der Waals surface area contributed by atoms with Gasteiger partial charge in [0.05, 0.1) is 7.11 Å². The molecule has 1 aromatic carbocycles. The Bertz CT molecular complexity index is 1560. The number of nitrogens with zero attached hydrogens (tertiary/aromatic N) is 4. The van der Waals surface area contributed by atoms with Gasteiger partial charge in [0.15, 0.2) is 11.6 Å². The van der Waals surface area contributed by atoms with Gasteiger partial charge in [-0.05, 0) is 50.0 Å². The first kappa shape index (κ1) is 28.4. The predicted molar refractivity (Wildman–Crippen MR) is 158 cm³/mol. The minimum atomic E-state index is -0.255. The number of aryl methyl sites for hydroxylation is 1. The van der Waals surface area contributed by atoms with Crippen molar-refractivity contribution in [2.75, 3.05) is 7.11 Å². The Kier molecular flexibility index (Phi) is 9.29. The number of aromatic nitrogens is 5. The van der Waals surface area contributed by atoms with Crippen molar-refractivity contribution in [1.29, 1.82) is 0 Å². The number of rotatable bonds is 8. The normalized spacial score (nSPS) is 11.9. The molecule has 4 rings (SSSR count). The minimum Gasteiger partial charge on any atom is -0.496 e. The number of benzene rings is 1. The van der Waals surface area contributed by atoms with Gasteiger partial charge in [-0.3, -0.25) is 4.79 Å². The van der Waals surface area contributed by atoms with Gasteiger partial charge in [-0.15, -0.1) is 5.10 Å². The van der Waals surface area contributed by atoms with Crippen molar-refractivity contribution < 1.29 is 4.74 Å². The molecule has 0 atom stereocenters. The summed E-state index contributed by atoms with van der Waals surface area (Å²) in [5.74, 6) is 1.75.